The van der Waals surface area contributed by atoms with Crippen LogP contribution in [0.1, 0.15) is 94.4 Å². The van der Waals surface area contributed by atoms with Crippen molar-refractivity contribution in [3.05, 3.63) is 0 Å². The predicted molar refractivity (Wildman–Crippen MR) is 92.5 cm³/mol. The number of rotatable bonds is 3. The maximum Gasteiger partial charge on any atom is 0.135 e. The van der Waals surface area contributed by atoms with Crippen molar-refractivity contribution in [2.45, 2.75) is 94.4 Å². The Hall–Kier alpha value is -0.660. The number of carbonyl (C=O) groups is 2. The molecule has 0 N–H and O–H groups in total. The minimum Gasteiger partial charge on any atom is -0.300 e. The van der Waals surface area contributed by atoms with Crippen LogP contribution in [-0.4, -0.2) is 11.6 Å². The van der Waals surface area contributed by atoms with Crippen LogP contribution in [0.25, 0.3) is 0 Å². The first-order valence-electron chi connectivity index (χ1n) is 7.93. The smallest absolute Gasteiger partial charge is 0.135 e. The average molecular weight is 299 g/mol. The number of hydrogen-bond donors (Lipinski definition) is 0. The van der Waals surface area contributed by atoms with Gasteiger partial charge in [0, 0.05) is 18.8 Å². The maximum atomic E-state index is 11.3. The molecule has 0 saturated heterocycles. The molecule has 0 heterocycles. The molecule has 1 atom stereocenters. The van der Waals surface area contributed by atoms with Gasteiger partial charge in [-0.25, -0.2) is 0 Å². The van der Waals surface area contributed by atoms with Gasteiger partial charge in [0.05, 0.1) is 0 Å². The highest BCUT2D eigenvalue weighted by molar-refractivity contribution is 5.82. The quantitative estimate of drug-likeness (QED) is 0.657. The Balaban J connectivity index is 0. The molecule has 0 bridgehead atoms. The van der Waals surface area contributed by atoms with Gasteiger partial charge in [-0.2, -0.15) is 0 Å². The Labute approximate surface area is 133 Å². The summed E-state index contributed by atoms with van der Waals surface area (Å²) < 4.78 is 0. The Morgan fingerprint density at radius 2 is 1.62 bits per heavy atom. The second-order valence-electron chi connectivity index (χ2n) is 8.58. The van der Waals surface area contributed by atoms with E-state index in [2.05, 4.69) is 41.5 Å². The van der Waals surface area contributed by atoms with Gasteiger partial charge >= 0.3 is 0 Å². The first-order valence-corrected chi connectivity index (χ1v) is 7.93. The Morgan fingerprint density at radius 1 is 1.10 bits per heavy atom. The van der Waals surface area contributed by atoms with Crippen molar-refractivity contribution in [3.63, 3.8) is 0 Å². The molecule has 0 amide bonds. The molecule has 2 nitrogen and oxygen atoms in total. The van der Waals surface area contributed by atoms with Gasteiger partial charge in [-0.05, 0) is 43.4 Å². The van der Waals surface area contributed by atoms with E-state index in [9.17, 15) is 9.59 Å². The van der Waals surface area contributed by atoms with Gasteiger partial charge in [-0.1, -0.05) is 49.0 Å². The summed E-state index contributed by atoms with van der Waals surface area (Å²) in [5.41, 5.74) is 0.635. The van der Waals surface area contributed by atoms with Crippen molar-refractivity contribution < 1.29 is 9.59 Å². The van der Waals surface area contributed by atoms with E-state index in [1.165, 1.54) is 0 Å². The minimum absolute atomic E-state index is 0. The van der Waals surface area contributed by atoms with E-state index in [1.807, 2.05) is 0 Å². The van der Waals surface area contributed by atoms with Crippen molar-refractivity contribution in [3.8, 4) is 0 Å². The van der Waals surface area contributed by atoms with Gasteiger partial charge < -0.3 is 4.79 Å². The molecule has 0 spiro atoms. The number of carbonyl (C=O) groups excluding carboxylic acids is 2. The summed E-state index contributed by atoms with van der Waals surface area (Å²) in [6.07, 6.45) is 5.90. The summed E-state index contributed by atoms with van der Waals surface area (Å²) in [5, 5.41) is 0. The van der Waals surface area contributed by atoms with Crippen LogP contribution in [0.15, 0.2) is 0 Å². The van der Waals surface area contributed by atoms with E-state index in [-0.39, 0.29) is 7.43 Å². The fraction of sp³-hybridized carbons (Fsp3) is 0.895. The van der Waals surface area contributed by atoms with Crippen LogP contribution < -0.4 is 0 Å². The predicted octanol–water partition coefficient (Wildman–Crippen LogP) is 5.83. The molecule has 1 saturated carbocycles. The van der Waals surface area contributed by atoms with E-state index >= 15 is 0 Å². The van der Waals surface area contributed by atoms with Gasteiger partial charge in [0.2, 0.25) is 0 Å². The first-order chi connectivity index (χ1) is 8.91. The van der Waals surface area contributed by atoms with E-state index in [0.29, 0.717) is 28.3 Å². The molecule has 1 aliphatic carbocycles. The van der Waals surface area contributed by atoms with Gasteiger partial charge in [-0.15, -0.1) is 0 Å². The van der Waals surface area contributed by atoms with Crippen LogP contribution in [0, 0.1) is 16.7 Å². The lowest BCUT2D eigenvalue weighted by Gasteiger charge is -2.21. The lowest BCUT2D eigenvalue weighted by Crippen LogP contribution is -2.16. The molecule has 21 heavy (non-hydrogen) atoms. The highest BCUT2D eigenvalue weighted by atomic mass is 16.1. The summed E-state index contributed by atoms with van der Waals surface area (Å²) in [7, 11) is 0. The third-order valence-corrected chi connectivity index (χ3v) is 3.52. The highest BCUT2D eigenvalue weighted by Gasteiger charge is 2.28. The average Bonchev–Trinajstić information content (AvgIpc) is 2.59. The molecule has 0 aliphatic heterocycles. The van der Waals surface area contributed by atoms with Crippen LogP contribution >= 0.6 is 0 Å². The Kier molecular flexibility index (Phi) is 10.1. The molecule has 0 aromatic carbocycles. The zero-order valence-corrected chi connectivity index (χ0v) is 14.6. The van der Waals surface area contributed by atoms with Crippen LogP contribution in [0.5, 0.6) is 0 Å². The largest absolute Gasteiger partial charge is 0.300 e. The molecule has 2 heteroatoms. The van der Waals surface area contributed by atoms with Crippen LogP contribution in [0.4, 0.5) is 0 Å². The lowest BCUT2D eigenvalue weighted by molar-refractivity contribution is -0.121. The molecule has 1 fully saturated rings. The molecular formula is C19H38O2. The second kappa shape index (κ2) is 9.38. The van der Waals surface area contributed by atoms with Gasteiger partial charge in [-0.3, -0.25) is 4.79 Å². The molecule has 1 aliphatic rings. The van der Waals surface area contributed by atoms with Crippen molar-refractivity contribution in [2.24, 2.45) is 16.7 Å². The zero-order chi connectivity index (χ0) is 16.0. The summed E-state index contributed by atoms with van der Waals surface area (Å²) in [5.74, 6) is 1.18. The summed E-state index contributed by atoms with van der Waals surface area (Å²) in [6.45, 7) is 14.7. The maximum absolute atomic E-state index is 11.3. The monoisotopic (exact) mass is 298 g/mol. The van der Waals surface area contributed by atoms with Crippen molar-refractivity contribution in [1.29, 1.82) is 0 Å². The normalized spacial score (nSPS) is 18.6. The van der Waals surface area contributed by atoms with E-state index < -0.39 is 0 Å². The fourth-order valence-electron chi connectivity index (χ4n) is 2.39. The SMILES string of the molecule is C.CC(=O)CCC(C)(C)C.CC(C)(C)CC1CCCC1=O. The van der Waals surface area contributed by atoms with Crippen molar-refractivity contribution in [2.75, 3.05) is 0 Å². The molecule has 0 aromatic rings. The van der Waals surface area contributed by atoms with Crippen LogP contribution in [0.2, 0.25) is 0 Å². The number of ketones is 2. The minimum atomic E-state index is 0. The van der Waals surface area contributed by atoms with Gasteiger partial charge in [0.1, 0.15) is 11.6 Å². The zero-order valence-electron chi connectivity index (χ0n) is 14.6. The fourth-order valence-corrected chi connectivity index (χ4v) is 2.39. The van der Waals surface area contributed by atoms with Gasteiger partial charge in [0.15, 0.2) is 0 Å². The van der Waals surface area contributed by atoms with E-state index in [1.54, 1.807) is 6.92 Å². The molecule has 126 valence electrons. The van der Waals surface area contributed by atoms with Crippen LogP contribution in [-0.2, 0) is 9.59 Å². The van der Waals surface area contributed by atoms with E-state index in [4.69, 9.17) is 0 Å². The third-order valence-electron chi connectivity index (χ3n) is 3.52. The Bertz CT molecular complexity index is 315. The topological polar surface area (TPSA) is 34.1 Å². The molecule has 1 unspecified atom stereocenters. The summed E-state index contributed by atoms with van der Waals surface area (Å²) in [6, 6.07) is 0. The third kappa shape index (κ3) is 14.1. The standard InChI is InChI=1S/C10H18O.C8H16O.CH4/c1-10(2,3)7-8-5-4-6-9(8)11;1-7(9)5-6-8(2,3)4;/h8H,4-7H2,1-3H3;5-6H2,1-4H3;1H4. The van der Waals surface area contributed by atoms with Crippen LogP contribution in [0.3, 0.4) is 0 Å². The molecule has 0 radical (unpaired) electrons. The van der Waals surface area contributed by atoms with Gasteiger partial charge in [0.25, 0.3) is 0 Å². The number of Topliss-reactive ketones (excluding diaryl/α,β-unsaturated/α-hetero) is 2. The highest BCUT2D eigenvalue weighted by Crippen LogP contribution is 2.32. The first kappa shape index (κ1) is 22.6. The summed E-state index contributed by atoms with van der Waals surface area (Å²) in [4.78, 5) is 21.7. The molecular weight excluding hydrogens is 260 g/mol. The lowest BCUT2D eigenvalue weighted by atomic mass is 9.84. The molecule has 0 aromatic heterocycles. The number of hydrogen-bond acceptors (Lipinski definition) is 2. The molecule has 1 rings (SSSR count). The summed E-state index contributed by atoms with van der Waals surface area (Å²) >= 11 is 0. The Morgan fingerprint density at radius 3 is 1.86 bits per heavy atom. The van der Waals surface area contributed by atoms with Crippen molar-refractivity contribution >= 4 is 11.6 Å². The van der Waals surface area contributed by atoms with E-state index in [0.717, 1.165) is 38.5 Å². The van der Waals surface area contributed by atoms with Crippen molar-refractivity contribution in [1.82, 2.24) is 0 Å². The second-order valence-corrected chi connectivity index (χ2v) is 8.58.